The van der Waals surface area contributed by atoms with E-state index in [-0.39, 0.29) is 10.9 Å². The van der Waals surface area contributed by atoms with Crippen LogP contribution in [-0.4, -0.2) is 16.1 Å². The van der Waals surface area contributed by atoms with Crippen LogP contribution < -0.4 is 16.6 Å². The average molecular weight is 299 g/mol. The van der Waals surface area contributed by atoms with Gasteiger partial charge in [0.15, 0.2) is 0 Å². The first kappa shape index (κ1) is 13.9. The van der Waals surface area contributed by atoms with Crippen LogP contribution >= 0.6 is 0 Å². The van der Waals surface area contributed by atoms with Gasteiger partial charge in [0, 0.05) is 0 Å². The summed E-state index contributed by atoms with van der Waals surface area (Å²) >= 11 is 0. The molecule has 1 saturated heterocycles. The van der Waals surface area contributed by atoms with E-state index < -0.39 is 29.2 Å². The van der Waals surface area contributed by atoms with Gasteiger partial charge in [-0.05, 0) is 37.6 Å². The topological polar surface area (TPSA) is 66.9 Å². The van der Waals surface area contributed by atoms with E-state index in [1.54, 1.807) is 0 Å². The molecule has 0 radical (unpaired) electrons. The highest BCUT2D eigenvalue weighted by atomic mass is 19.4. The van der Waals surface area contributed by atoms with Gasteiger partial charge in [0.2, 0.25) is 0 Å². The van der Waals surface area contributed by atoms with Gasteiger partial charge < -0.3 is 4.98 Å². The van der Waals surface area contributed by atoms with Crippen LogP contribution in [0.1, 0.15) is 24.6 Å². The minimum atomic E-state index is -4.53. The number of nitrogens with zero attached hydrogens (tertiary/aromatic N) is 1. The number of benzene rings is 1. The molecule has 5 nitrogen and oxygen atoms in total. The lowest BCUT2D eigenvalue weighted by Gasteiger charge is -2.14. The summed E-state index contributed by atoms with van der Waals surface area (Å²) in [5.74, 6) is 0. The van der Waals surface area contributed by atoms with Crippen molar-refractivity contribution in [2.45, 2.75) is 25.2 Å². The lowest BCUT2D eigenvalue weighted by Crippen LogP contribution is -2.41. The maximum absolute atomic E-state index is 12.7. The van der Waals surface area contributed by atoms with E-state index in [2.05, 4.69) is 10.3 Å². The van der Waals surface area contributed by atoms with E-state index in [0.29, 0.717) is 13.0 Å². The number of H-pyrrole nitrogens is 1. The number of hydrogen-bond acceptors (Lipinski definition) is 3. The van der Waals surface area contributed by atoms with E-state index in [1.165, 1.54) is 0 Å². The molecular weight excluding hydrogens is 287 g/mol. The quantitative estimate of drug-likeness (QED) is 0.840. The summed E-state index contributed by atoms with van der Waals surface area (Å²) in [4.78, 5) is 26.8. The molecule has 0 saturated carbocycles. The molecule has 2 heterocycles. The Morgan fingerprint density at radius 2 is 2.00 bits per heavy atom. The Labute approximate surface area is 116 Å². The number of hydrogen-bond donors (Lipinski definition) is 2. The van der Waals surface area contributed by atoms with Gasteiger partial charge in [-0.3, -0.25) is 10.1 Å². The summed E-state index contributed by atoms with van der Waals surface area (Å²) in [7, 11) is 0. The third-order valence-corrected chi connectivity index (χ3v) is 3.60. The fraction of sp³-hybridized carbons (Fsp3) is 0.385. The molecule has 3 rings (SSSR count). The zero-order valence-corrected chi connectivity index (χ0v) is 10.8. The van der Waals surface area contributed by atoms with Crippen molar-refractivity contribution in [2.24, 2.45) is 0 Å². The van der Waals surface area contributed by atoms with Crippen LogP contribution in [0.15, 0.2) is 27.8 Å². The molecule has 2 N–H and O–H groups in total. The first-order valence-electron chi connectivity index (χ1n) is 6.47. The molecule has 1 aliphatic rings. The molecule has 1 aromatic carbocycles. The number of alkyl halides is 3. The van der Waals surface area contributed by atoms with E-state index >= 15 is 0 Å². The highest BCUT2D eigenvalue weighted by Crippen LogP contribution is 2.30. The fourth-order valence-corrected chi connectivity index (χ4v) is 2.57. The van der Waals surface area contributed by atoms with Crippen LogP contribution in [-0.2, 0) is 6.18 Å². The summed E-state index contributed by atoms with van der Waals surface area (Å²) in [6.45, 7) is 0.664. The van der Waals surface area contributed by atoms with Crippen molar-refractivity contribution in [3.63, 3.8) is 0 Å². The van der Waals surface area contributed by atoms with Gasteiger partial charge in [-0.25, -0.2) is 9.36 Å². The molecule has 1 aliphatic heterocycles. The van der Waals surface area contributed by atoms with Crippen LogP contribution in [0.5, 0.6) is 0 Å². The van der Waals surface area contributed by atoms with Crippen LogP contribution in [0.25, 0.3) is 10.9 Å². The second-order valence-electron chi connectivity index (χ2n) is 4.98. The molecule has 1 atom stereocenters. The molecule has 21 heavy (non-hydrogen) atoms. The lowest BCUT2D eigenvalue weighted by molar-refractivity contribution is -0.137. The monoisotopic (exact) mass is 299 g/mol. The Morgan fingerprint density at radius 1 is 1.24 bits per heavy atom. The third-order valence-electron chi connectivity index (χ3n) is 3.60. The zero-order valence-electron chi connectivity index (χ0n) is 10.8. The van der Waals surface area contributed by atoms with E-state index in [0.717, 1.165) is 29.2 Å². The molecule has 1 unspecified atom stereocenters. The average Bonchev–Trinajstić information content (AvgIpc) is 2.91. The minimum Gasteiger partial charge on any atom is -0.307 e. The highest BCUT2D eigenvalue weighted by Gasteiger charge is 2.31. The molecule has 112 valence electrons. The maximum atomic E-state index is 12.7. The maximum Gasteiger partial charge on any atom is 0.416 e. The van der Waals surface area contributed by atoms with Crippen molar-refractivity contribution in [2.75, 3.05) is 6.54 Å². The summed E-state index contributed by atoms with van der Waals surface area (Å²) in [5, 5.41) is 2.84. The number of rotatable bonds is 1. The molecule has 2 aromatic rings. The molecule has 1 aromatic heterocycles. The van der Waals surface area contributed by atoms with Crippen LogP contribution in [0, 0.1) is 0 Å². The third kappa shape index (κ3) is 2.35. The van der Waals surface area contributed by atoms with Crippen molar-refractivity contribution >= 4 is 10.9 Å². The van der Waals surface area contributed by atoms with Gasteiger partial charge >= 0.3 is 11.9 Å². The van der Waals surface area contributed by atoms with Gasteiger partial charge in [0.05, 0.1) is 22.6 Å². The predicted molar refractivity (Wildman–Crippen MR) is 70.1 cm³/mol. The molecule has 0 spiro atoms. The molecular formula is C13H12F3N3O2. The summed E-state index contributed by atoms with van der Waals surface area (Å²) in [6.07, 6.45) is -3.61. The minimum absolute atomic E-state index is 0.104. The molecule has 0 amide bonds. The molecule has 0 bridgehead atoms. The van der Waals surface area contributed by atoms with Gasteiger partial charge in [-0.15, -0.1) is 0 Å². The van der Waals surface area contributed by atoms with Crippen LogP contribution in [0.3, 0.4) is 0 Å². The summed E-state index contributed by atoms with van der Waals surface area (Å²) in [5.41, 5.74) is -2.14. The van der Waals surface area contributed by atoms with Crippen LogP contribution in [0.2, 0.25) is 0 Å². The Morgan fingerprint density at radius 3 is 2.62 bits per heavy atom. The first-order chi connectivity index (χ1) is 9.88. The summed E-state index contributed by atoms with van der Waals surface area (Å²) in [6, 6.07) is 2.72. The Bertz CT molecular complexity index is 801. The lowest BCUT2D eigenvalue weighted by atomic mass is 10.1. The fourth-order valence-electron chi connectivity index (χ4n) is 2.57. The Kier molecular flexibility index (Phi) is 3.12. The van der Waals surface area contributed by atoms with Crippen molar-refractivity contribution < 1.29 is 13.2 Å². The number of fused-ring (bicyclic) bond motifs is 1. The smallest absolute Gasteiger partial charge is 0.307 e. The number of nitrogens with one attached hydrogen (secondary N) is 2. The first-order valence-corrected chi connectivity index (χ1v) is 6.47. The van der Waals surface area contributed by atoms with Gasteiger partial charge in [0.1, 0.15) is 0 Å². The summed E-state index contributed by atoms with van der Waals surface area (Å²) < 4.78 is 39.2. The molecule has 1 fully saturated rings. The zero-order chi connectivity index (χ0) is 15.2. The van der Waals surface area contributed by atoms with E-state index in [1.807, 2.05) is 0 Å². The second-order valence-corrected chi connectivity index (χ2v) is 4.98. The van der Waals surface area contributed by atoms with E-state index in [9.17, 15) is 22.8 Å². The van der Waals surface area contributed by atoms with Crippen molar-refractivity contribution in [3.8, 4) is 0 Å². The van der Waals surface area contributed by atoms with E-state index in [4.69, 9.17) is 0 Å². The van der Waals surface area contributed by atoms with Gasteiger partial charge in [-0.2, -0.15) is 13.2 Å². The van der Waals surface area contributed by atoms with Gasteiger partial charge in [0.25, 0.3) is 5.56 Å². The molecule has 8 heteroatoms. The number of aromatic nitrogens is 2. The standard InChI is InChI=1S/C13H12F3N3O2/c14-13(15,16)7-3-4-9-8(6-7)11(20)19(12(21)18-9)10-2-1-5-17-10/h3-4,6,10,17H,1-2,5H2,(H,18,21). The van der Waals surface area contributed by atoms with Gasteiger partial charge in [-0.1, -0.05) is 0 Å². The van der Waals surface area contributed by atoms with Crippen LogP contribution in [0.4, 0.5) is 13.2 Å². The largest absolute Gasteiger partial charge is 0.416 e. The SMILES string of the molecule is O=c1[nH]c2ccc(C(F)(F)F)cc2c(=O)n1C1CCCN1. The Hall–Kier alpha value is -2.09. The van der Waals surface area contributed by atoms with Crippen molar-refractivity contribution in [3.05, 3.63) is 44.6 Å². The normalized spacial score (nSPS) is 19.3. The highest BCUT2D eigenvalue weighted by molar-refractivity contribution is 5.78. The Balaban J connectivity index is 2.26. The number of halogens is 3. The van der Waals surface area contributed by atoms with Crippen molar-refractivity contribution in [1.29, 1.82) is 0 Å². The second kappa shape index (κ2) is 4.73. The molecule has 0 aliphatic carbocycles. The number of aromatic amines is 1. The van der Waals surface area contributed by atoms with Crippen molar-refractivity contribution in [1.82, 2.24) is 14.9 Å². The predicted octanol–water partition coefficient (Wildman–Crippen LogP) is 1.59.